The Morgan fingerprint density at radius 3 is 2.41 bits per heavy atom. The normalized spacial score (nSPS) is 18.0. The second-order valence-electron chi connectivity index (χ2n) is 4.24. The van der Waals surface area contributed by atoms with Gasteiger partial charge in [-0.2, -0.15) is 0 Å². The van der Waals surface area contributed by atoms with Gasteiger partial charge in [-0.25, -0.2) is 4.79 Å². The van der Waals surface area contributed by atoms with Crippen molar-refractivity contribution in [1.29, 1.82) is 0 Å². The van der Waals surface area contributed by atoms with Crippen molar-refractivity contribution in [3.63, 3.8) is 0 Å². The van der Waals surface area contributed by atoms with E-state index >= 15 is 0 Å². The second kappa shape index (κ2) is 8.97. The topological polar surface area (TPSA) is 63.6 Å². The van der Waals surface area contributed by atoms with Gasteiger partial charge in [0.05, 0.1) is 6.42 Å². The number of esters is 1. The summed E-state index contributed by atoms with van der Waals surface area (Å²) in [5.74, 6) is 18.5. The number of rotatable bonds is 2. The molecule has 1 unspecified atom stereocenters. The maximum atomic E-state index is 11.9. The van der Waals surface area contributed by atoms with Crippen molar-refractivity contribution in [3.8, 4) is 47.4 Å². The summed E-state index contributed by atoms with van der Waals surface area (Å²) in [6, 6.07) is 0. The molecule has 4 nitrogen and oxygen atoms in total. The van der Waals surface area contributed by atoms with Crippen LogP contribution in [0.2, 0.25) is 0 Å². The largest absolute Gasteiger partial charge is 0.511 e. The third-order valence-electron chi connectivity index (χ3n) is 2.55. The number of hydrogen-bond acceptors (Lipinski definition) is 4. The fourth-order valence-corrected chi connectivity index (χ4v) is 1.64. The quantitative estimate of drug-likeness (QED) is 0.276. The van der Waals surface area contributed by atoms with Crippen LogP contribution < -0.4 is 0 Å². The molecule has 0 saturated carbocycles. The van der Waals surface area contributed by atoms with Gasteiger partial charge in [0.25, 0.3) is 0 Å². The summed E-state index contributed by atoms with van der Waals surface area (Å²) < 4.78 is 5.00. The molecule has 0 aromatic carbocycles. The van der Waals surface area contributed by atoms with Crippen LogP contribution in [0.25, 0.3) is 0 Å². The van der Waals surface area contributed by atoms with E-state index in [0.29, 0.717) is 6.42 Å². The number of aliphatic hydroxyl groups excluding tert-OH is 1. The summed E-state index contributed by atoms with van der Waals surface area (Å²) in [4.78, 5) is 23.6. The fourth-order valence-electron chi connectivity index (χ4n) is 1.64. The van der Waals surface area contributed by atoms with Crippen molar-refractivity contribution in [3.05, 3.63) is 11.3 Å². The molecule has 0 aromatic heterocycles. The third kappa shape index (κ3) is 5.13. The average molecular weight is 294 g/mol. The minimum absolute atomic E-state index is 0.0868. The van der Waals surface area contributed by atoms with Crippen LogP contribution in [0.15, 0.2) is 11.3 Å². The summed E-state index contributed by atoms with van der Waals surface area (Å²) in [5.41, 5.74) is -0.269. The Morgan fingerprint density at radius 2 is 1.82 bits per heavy atom. The number of aliphatic hydroxyl groups is 1. The number of ether oxygens (including phenoxy) is 1. The molecule has 0 aliphatic carbocycles. The SMILES string of the molecule is CC#CC#CC#CC#CC1CC(=O)/C(=C(\O)CCC)C(=O)O1. The van der Waals surface area contributed by atoms with Crippen molar-refractivity contribution in [2.45, 2.75) is 39.2 Å². The Hall–Kier alpha value is -3.08. The molecule has 1 aliphatic rings. The zero-order valence-corrected chi connectivity index (χ0v) is 12.4. The molecule has 0 radical (unpaired) electrons. The second-order valence-corrected chi connectivity index (χ2v) is 4.24. The van der Waals surface area contributed by atoms with Crippen LogP contribution in [0, 0.1) is 47.4 Å². The van der Waals surface area contributed by atoms with E-state index in [1.54, 1.807) is 6.92 Å². The lowest BCUT2D eigenvalue weighted by Crippen LogP contribution is -2.32. The minimum atomic E-state index is -0.851. The lowest BCUT2D eigenvalue weighted by atomic mass is 9.99. The zero-order chi connectivity index (χ0) is 16.4. The Kier molecular flexibility index (Phi) is 6.92. The first-order valence-corrected chi connectivity index (χ1v) is 6.68. The van der Waals surface area contributed by atoms with Gasteiger partial charge in [-0.15, -0.1) is 0 Å². The number of cyclic esters (lactones) is 1. The van der Waals surface area contributed by atoms with Gasteiger partial charge in [0.15, 0.2) is 11.9 Å². The van der Waals surface area contributed by atoms with Crippen molar-refractivity contribution in [2.75, 3.05) is 0 Å². The van der Waals surface area contributed by atoms with Gasteiger partial charge >= 0.3 is 5.97 Å². The average Bonchev–Trinajstić information content (AvgIpc) is 2.46. The molecule has 0 amide bonds. The predicted molar refractivity (Wildman–Crippen MR) is 80.8 cm³/mol. The first kappa shape index (κ1) is 17.0. The molecule has 22 heavy (non-hydrogen) atoms. The van der Waals surface area contributed by atoms with E-state index in [2.05, 4.69) is 47.4 Å². The number of ketones is 1. The molecular weight excluding hydrogens is 280 g/mol. The van der Waals surface area contributed by atoms with Gasteiger partial charge in [0.2, 0.25) is 0 Å². The number of carbonyl (C=O) groups excluding carboxylic acids is 2. The maximum Gasteiger partial charge on any atom is 0.346 e. The van der Waals surface area contributed by atoms with Gasteiger partial charge in [-0.05, 0) is 54.8 Å². The highest BCUT2D eigenvalue weighted by molar-refractivity contribution is 6.19. The van der Waals surface area contributed by atoms with Gasteiger partial charge in [0, 0.05) is 6.42 Å². The molecule has 0 spiro atoms. The van der Waals surface area contributed by atoms with Gasteiger partial charge in [0.1, 0.15) is 11.3 Å². The van der Waals surface area contributed by atoms with Crippen LogP contribution in [0.3, 0.4) is 0 Å². The lowest BCUT2D eigenvalue weighted by molar-refractivity contribution is -0.148. The standard InChI is InChI=1S/C18H14O4/c1-3-5-6-7-8-9-10-12-14-13-16(20)17(18(21)22-14)15(19)11-4-2/h14,19H,4,11,13H2,1-2H3/b17-15+. The number of carbonyl (C=O) groups is 2. The van der Waals surface area contributed by atoms with E-state index in [0.717, 1.165) is 0 Å². The van der Waals surface area contributed by atoms with E-state index < -0.39 is 17.9 Å². The zero-order valence-electron chi connectivity index (χ0n) is 12.4. The smallest absolute Gasteiger partial charge is 0.346 e. The van der Waals surface area contributed by atoms with Crippen molar-refractivity contribution >= 4 is 11.8 Å². The van der Waals surface area contributed by atoms with Crippen LogP contribution in [0.5, 0.6) is 0 Å². The van der Waals surface area contributed by atoms with Crippen LogP contribution in [0.1, 0.15) is 33.1 Å². The molecule has 1 fully saturated rings. The summed E-state index contributed by atoms with van der Waals surface area (Å²) in [7, 11) is 0. The van der Waals surface area contributed by atoms with Gasteiger partial charge < -0.3 is 9.84 Å². The van der Waals surface area contributed by atoms with Gasteiger partial charge in [-0.1, -0.05) is 12.8 Å². The maximum absolute atomic E-state index is 11.9. The van der Waals surface area contributed by atoms with E-state index in [9.17, 15) is 14.7 Å². The first-order chi connectivity index (χ1) is 10.6. The molecule has 1 aliphatic heterocycles. The molecule has 1 rings (SSSR count). The fraction of sp³-hybridized carbons (Fsp3) is 0.333. The number of hydrogen-bond donors (Lipinski definition) is 1. The Balaban J connectivity index is 2.76. The highest BCUT2D eigenvalue weighted by atomic mass is 16.5. The lowest BCUT2D eigenvalue weighted by Gasteiger charge is -2.19. The van der Waals surface area contributed by atoms with Crippen LogP contribution in [-0.2, 0) is 14.3 Å². The van der Waals surface area contributed by atoms with Crippen molar-refractivity contribution < 1.29 is 19.4 Å². The number of allylic oxidation sites excluding steroid dienone is 1. The van der Waals surface area contributed by atoms with E-state index in [1.807, 2.05) is 6.92 Å². The molecule has 1 saturated heterocycles. The highest BCUT2D eigenvalue weighted by Crippen LogP contribution is 2.20. The first-order valence-electron chi connectivity index (χ1n) is 6.68. The molecule has 0 bridgehead atoms. The Labute approximate surface area is 129 Å². The molecule has 1 heterocycles. The van der Waals surface area contributed by atoms with Crippen LogP contribution in [0.4, 0.5) is 0 Å². The summed E-state index contributed by atoms with van der Waals surface area (Å²) in [6.45, 7) is 3.49. The van der Waals surface area contributed by atoms with Crippen molar-refractivity contribution in [2.24, 2.45) is 0 Å². The summed E-state index contributed by atoms with van der Waals surface area (Å²) in [6.07, 6.45) is -0.0534. The minimum Gasteiger partial charge on any atom is -0.511 e. The summed E-state index contributed by atoms with van der Waals surface area (Å²) in [5, 5.41) is 9.69. The number of Topliss-reactive ketones (excluding diaryl/α,β-unsaturated/α-hetero) is 1. The van der Waals surface area contributed by atoms with Gasteiger partial charge in [-0.3, -0.25) is 4.79 Å². The van der Waals surface area contributed by atoms with Crippen molar-refractivity contribution in [1.82, 2.24) is 0 Å². The Morgan fingerprint density at radius 1 is 1.18 bits per heavy atom. The molecule has 1 atom stereocenters. The summed E-state index contributed by atoms with van der Waals surface area (Å²) >= 11 is 0. The van der Waals surface area contributed by atoms with E-state index in [-0.39, 0.29) is 24.2 Å². The Bertz CT molecular complexity index is 720. The third-order valence-corrected chi connectivity index (χ3v) is 2.55. The molecular formula is C18H14O4. The molecule has 1 N–H and O–H groups in total. The van der Waals surface area contributed by atoms with E-state index in [1.165, 1.54) is 0 Å². The predicted octanol–water partition coefficient (Wildman–Crippen LogP) is 1.52. The van der Waals surface area contributed by atoms with Crippen LogP contribution >= 0.6 is 0 Å². The molecule has 4 heteroatoms. The monoisotopic (exact) mass is 294 g/mol. The van der Waals surface area contributed by atoms with Crippen LogP contribution in [-0.4, -0.2) is 23.0 Å². The molecule has 110 valence electrons. The highest BCUT2D eigenvalue weighted by Gasteiger charge is 2.33. The molecule has 0 aromatic rings. The van der Waals surface area contributed by atoms with E-state index in [4.69, 9.17) is 4.74 Å².